The number of anilines is 1. The molecule has 2 aromatic rings. The van der Waals surface area contributed by atoms with E-state index in [2.05, 4.69) is 31.1 Å². The summed E-state index contributed by atoms with van der Waals surface area (Å²) in [6.45, 7) is 2.74. The number of nitrogens with zero attached hydrogens (tertiary/aromatic N) is 3. The maximum absolute atomic E-state index is 13.3. The molecule has 3 rings (SSSR count). The van der Waals surface area contributed by atoms with E-state index in [-0.39, 0.29) is 24.4 Å². The molecular formula is C19H19BrClFN4O2. The van der Waals surface area contributed by atoms with E-state index in [4.69, 9.17) is 11.6 Å². The zero-order valence-corrected chi connectivity index (χ0v) is 17.3. The molecule has 1 N–H and O–H groups in total. The molecule has 0 bridgehead atoms. The Labute approximate surface area is 175 Å². The topological polar surface area (TPSA) is 65.5 Å². The average molecular weight is 470 g/mol. The summed E-state index contributed by atoms with van der Waals surface area (Å²) in [4.78, 5) is 32.7. The highest BCUT2D eigenvalue weighted by Crippen LogP contribution is 2.18. The van der Waals surface area contributed by atoms with Gasteiger partial charge < -0.3 is 15.1 Å². The summed E-state index contributed by atoms with van der Waals surface area (Å²) < 4.78 is 13.8. The van der Waals surface area contributed by atoms with Gasteiger partial charge in [0.1, 0.15) is 11.6 Å². The van der Waals surface area contributed by atoms with E-state index < -0.39 is 11.7 Å². The minimum absolute atomic E-state index is 0.0256. The fourth-order valence-electron chi connectivity index (χ4n) is 2.95. The van der Waals surface area contributed by atoms with Crippen molar-refractivity contribution >= 4 is 45.2 Å². The van der Waals surface area contributed by atoms with E-state index in [1.807, 2.05) is 6.07 Å². The van der Waals surface area contributed by atoms with Crippen LogP contribution in [0.5, 0.6) is 0 Å². The molecule has 0 aliphatic carbocycles. The van der Waals surface area contributed by atoms with E-state index in [9.17, 15) is 14.0 Å². The fraction of sp³-hybridized carbons (Fsp3) is 0.316. The van der Waals surface area contributed by atoms with Crippen LogP contribution in [0.4, 0.5) is 10.2 Å². The number of benzene rings is 1. The van der Waals surface area contributed by atoms with Gasteiger partial charge in [-0.3, -0.25) is 9.59 Å². The molecule has 0 unspecified atom stereocenters. The number of piperazine rings is 1. The van der Waals surface area contributed by atoms with Gasteiger partial charge >= 0.3 is 0 Å². The van der Waals surface area contributed by atoms with E-state index in [0.29, 0.717) is 35.7 Å². The lowest BCUT2D eigenvalue weighted by atomic mass is 10.2. The summed E-state index contributed by atoms with van der Waals surface area (Å²) in [6, 6.07) is 7.56. The summed E-state index contributed by atoms with van der Waals surface area (Å²) in [7, 11) is 0. The molecular weight excluding hydrogens is 451 g/mol. The Morgan fingerprint density at radius 2 is 1.93 bits per heavy atom. The zero-order valence-electron chi connectivity index (χ0n) is 15.0. The Balaban J connectivity index is 1.44. The molecule has 0 atom stereocenters. The second kappa shape index (κ2) is 9.34. The van der Waals surface area contributed by atoms with Gasteiger partial charge in [-0.15, -0.1) is 0 Å². The van der Waals surface area contributed by atoms with Crippen molar-refractivity contribution in [1.29, 1.82) is 0 Å². The molecule has 1 aromatic heterocycles. The highest BCUT2D eigenvalue weighted by molar-refractivity contribution is 9.10. The molecule has 0 radical (unpaired) electrons. The number of carbonyl (C=O) groups excluding carboxylic acids is 2. The van der Waals surface area contributed by atoms with Crippen LogP contribution in [0, 0.1) is 5.82 Å². The molecule has 28 heavy (non-hydrogen) atoms. The third-order valence-corrected chi connectivity index (χ3v) is 5.38. The number of hydrogen-bond acceptors (Lipinski definition) is 4. The quantitative estimate of drug-likeness (QED) is 0.731. The third kappa shape index (κ3) is 5.20. The van der Waals surface area contributed by atoms with Gasteiger partial charge in [0.2, 0.25) is 5.91 Å². The molecule has 1 aliphatic heterocycles. The van der Waals surface area contributed by atoms with Crippen LogP contribution in [-0.4, -0.2) is 54.4 Å². The molecule has 1 saturated heterocycles. The number of rotatable bonds is 5. The lowest BCUT2D eigenvalue weighted by Crippen LogP contribution is -2.49. The molecule has 9 heteroatoms. The SMILES string of the molecule is O=C(NCCC(=O)N1CCN(c2ccc(Cl)cn2)CC1)c1cc(F)ccc1Br. The van der Waals surface area contributed by atoms with E-state index in [1.54, 1.807) is 17.2 Å². The van der Waals surface area contributed by atoms with Gasteiger partial charge in [-0.05, 0) is 46.3 Å². The lowest BCUT2D eigenvalue weighted by Gasteiger charge is -2.35. The average Bonchev–Trinajstić information content (AvgIpc) is 2.70. The normalized spacial score (nSPS) is 14.1. The Morgan fingerprint density at radius 1 is 1.18 bits per heavy atom. The van der Waals surface area contributed by atoms with Crippen molar-refractivity contribution in [2.45, 2.75) is 6.42 Å². The van der Waals surface area contributed by atoms with Crippen LogP contribution < -0.4 is 10.2 Å². The monoisotopic (exact) mass is 468 g/mol. The predicted octanol–water partition coefficient (Wildman–Crippen LogP) is 3.11. The van der Waals surface area contributed by atoms with Crippen molar-refractivity contribution < 1.29 is 14.0 Å². The molecule has 1 aliphatic rings. The summed E-state index contributed by atoms with van der Waals surface area (Å²) in [5, 5.41) is 3.25. The first kappa shape index (κ1) is 20.5. The first-order chi connectivity index (χ1) is 13.4. The first-order valence-corrected chi connectivity index (χ1v) is 9.98. The number of pyridine rings is 1. The maximum atomic E-state index is 13.3. The Kier molecular flexibility index (Phi) is 6.85. The van der Waals surface area contributed by atoms with Crippen molar-refractivity contribution in [3.8, 4) is 0 Å². The summed E-state index contributed by atoms with van der Waals surface area (Å²) >= 11 is 9.08. The van der Waals surface area contributed by atoms with Crippen LogP contribution >= 0.6 is 27.5 Å². The smallest absolute Gasteiger partial charge is 0.252 e. The second-order valence-electron chi connectivity index (χ2n) is 6.33. The minimum atomic E-state index is -0.488. The Morgan fingerprint density at radius 3 is 2.61 bits per heavy atom. The Bertz CT molecular complexity index is 858. The molecule has 1 aromatic carbocycles. The molecule has 6 nitrogen and oxygen atoms in total. The molecule has 0 spiro atoms. The number of halogens is 3. The highest BCUT2D eigenvalue weighted by atomic mass is 79.9. The molecule has 148 valence electrons. The van der Waals surface area contributed by atoms with Crippen molar-refractivity contribution in [2.24, 2.45) is 0 Å². The van der Waals surface area contributed by atoms with Crippen LogP contribution in [0.1, 0.15) is 16.8 Å². The zero-order chi connectivity index (χ0) is 20.1. The van der Waals surface area contributed by atoms with E-state index >= 15 is 0 Å². The third-order valence-electron chi connectivity index (χ3n) is 4.47. The van der Waals surface area contributed by atoms with Gasteiger partial charge in [-0.2, -0.15) is 0 Å². The fourth-order valence-corrected chi connectivity index (χ4v) is 3.49. The van der Waals surface area contributed by atoms with Crippen LogP contribution in [0.15, 0.2) is 41.0 Å². The summed E-state index contributed by atoms with van der Waals surface area (Å²) in [6.07, 6.45) is 1.80. The van der Waals surface area contributed by atoms with Crippen molar-refractivity contribution in [1.82, 2.24) is 15.2 Å². The summed E-state index contributed by atoms with van der Waals surface area (Å²) in [5.41, 5.74) is 0.205. The largest absolute Gasteiger partial charge is 0.353 e. The van der Waals surface area contributed by atoms with E-state index in [0.717, 1.165) is 11.9 Å². The van der Waals surface area contributed by atoms with Crippen LogP contribution in [0.25, 0.3) is 0 Å². The Hall–Kier alpha value is -2.19. The predicted molar refractivity (Wildman–Crippen MR) is 109 cm³/mol. The highest BCUT2D eigenvalue weighted by Gasteiger charge is 2.22. The van der Waals surface area contributed by atoms with Gasteiger partial charge in [0.15, 0.2) is 0 Å². The van der Waals surface area contributed by atoms with Crippen molar-refractivity contribution in [3.63, 3.8) is 0 Å². The second-order valence-corrected chi connectivity index (χ2v) is 7.62. The van der Waals surface area contributed by atoms with Crippen LogP contribution in [-0.2, 0) is 4.79 Å². The number of carbonyl (C=O) groups is 2. The number of amides is 2. The minimum Gasteiger partial charge on any atom is -0.353 e. The maximum Gasteiger partial charge on any atom is 0.252 e. The molecule has 2 heterocycles. The van der Waals surface area contributed by atoms with Gasteiger partial charge in [-0.1, -0.05) is 11.6 Å². The number of hydrogen-bond donors (Lipinski definition) is 1. The molecule has 1 fully saturated rings. The van der Waals surface area contributed by atoms with Crippen molar-refractivity contribution in [3.05, 3.63) is 57.4 Å². The van der Waals surface area contributed by atoms with Gasteiger partial charge in [0, 0.05) is 49.8 Å². The number of aromatic nitrogens is 1. The van der Waals surface area contributed by atoms with Gasteiger partial charge in [-0.25, -0.2) is 9.37 Å². The molecule has 0 saturated carbocycles. The first-order valence-electron chi connectivity index (χ1n) is 8.81. The summed E-state index contributed by atoms with van der Waals surface area (Å²) in [5.74, 6) is -0.0953. The van der Waals surface area contributed by atoms with Crippen LogP contribution in [0.3, 0.4) is 0 Å². The van der Waals surface area contributed by atoms with Crippen molar-refractivity contribution in [2.75, 3.05) is 37.6 Å². The lowest BCUT2D eigenvalue weighted by molar-refractivity contribution is -0.131. The van der Waals surface area contributed by atoms with Gasteiger partial charge in [0.05, 0.1) is 10.6 Å². The number of nitrogens with one attached hydrogen (secondary N) is 1. The standard InChI is InChI=1S/C19H19BrClFN4O2/c20-16-3-2-14(22)11-15(16)19(28)23-6-5-18(27)26-9-7-25(8-10-26)17-4-1-13(21)12-24-17/h1-4,11-12H,5-10H2,(H,23,28). The van der Waals surface area contributed by atoms with Crippen LogP contribution in [0.2, 0.25) is 5.02 Å². The van der Waals surface area contributed by atoms with E-state index in [1.165, 1.54) is 12.1 Å². The molecule has 2 amide bonds. The van der Waals surface area contributed by atoms with Gasteiger partial charge in [0.25, 0.3) is 5.91 Å².